The highest BCUT2D eigenvalue weighted by molar-refractivity contribution is 6.20. The van der Waals surface area contributed by atoms with E-state index in [0.717, 1.165) is 10.9 Å². The Morgan fingerprint density at radius 2 is 1.05 bits per heavy atom. The summed E-state index contributed by atoms with van der Waals surface area (Å²) in [6.07, 6.45) is 1.91. The van der Waals surface area contributed by atoms with Crippen molar-refractivity contribution in [2.45, 2.75) is 0 Å². The van der Waals surface area contributed by atoms with Crippen molar-refractivity contribution in [3.05, 3.63) is 134 Å². The normalized spacial score (nSPS) is 11.8. The smallest absolute Gasteiger partial charge is 0.0807 e. The van der Waals surface area contributed by atoms with Crippen LogP contribution in [0.25, 0.3) is 71.1 Å². The van der Waals surface area contributed by atoms with Gasteiger partial charge in [-0.05, 0) is 52.1 Å². The molecule has 0 aliphatic heterocycles. The molecule has 0 aliphatic carbocycles. The Hall–Kier alpha value is -4.95. The lowest BCUT2D eigenvalue weighted by molar-refractivity contribution is 1.21. The maximum Gasteiger partial charge on any atom is 0.0807 e. The molecule has 8 rings (SSSR count). The van der Waals surface area contributed by atoms with E-state index in [1.54, 1.807) is 0 Å². The molecule has 0 saturated carbocycles. The lowest BCUT2D eigenvalue weighted by Gasteiger charge is -2.19. The highest BCUT2D eigenvalue weighted by atomic mass is 15.0. The first-order chi connectivity index (χ1) is 18.4. The van der Waals surface area contributed by atoms with E-state index in [1.807, 2.05) is 6.20 Å². The quantitative estimate of drug-likeness (QED) is 0.230. The van der Waals surface area contributed by atoms with Crippen molar-refractivity contribution >= 4 is 54.3 Å². The molecule has 8 aromatic rings. The Morgan fingerprint density at radius 1 is 0.459 bits per heavy atom. The summed E-state index contributed by atoms with van der Waals surface area (Å²) in [6.45, 7) is 0. The van der Waals surface area contributed by atoms with Gasteiger partial charge in [0.15, 0.2) is 0 Å². The van der Waals surface area contributed by atoms with E-state index in [4.69, 9.17) is 4.98 Å². The summed E-state index contributed by atoms with van der Waals surface area (Å²) in [7, 11) is 0. The summed E-state index contributed by atoms with van der Waals surface area (Å²) in [4.78, 5) is 5.01. The van der Waals surface area contributed by atoms with E-state index in [2.05, 4.69) is 132 Å². The molecule has 2 aromatic heterocycles. The van der Waals surface area contributed by atoms with Crippen molar-refractivity contribution < 1.29 is 0 Å². The largest absolute Gasteiger partial charge is 0.308 e. The van der Waals surface area contributed by atoms with E-state index in [-0.39, 0.29) is 0 Å². The highest BCUT2D eigenvalue weighted by Gasteiger charge is 2.20. The van der Waals surface area contributed by atoms with E-state index < -0.39 is 0 Å². The van der Waals surface area contributed by atoms with E-state index in [9.17, 15) is 0 Å². The lowest BCUT2D eigenvalue weighted by atomic mass is 9.92. The number of nitrogens with zero attached hydrogens (tertiary/aromatic N) is 2. The first kappa shape index (κ1) is 20.3. The van der Waals surface area contributed by atoms with Crippen LogP contribution in [-0.2, 0) is 0 Å². The van der Waals surface area contributed by atoms with Crippen molar-refractivity contribution in [1.29, 1.82) is 0 Å². The molecule has 0 spiro atoms. The Morgan fingerprint density at radius 3 is 1.81 bits per heavy atom. The fourth-order valence-corrected chi connectivity index (χ4v) is 6.02. The highest BCUT2D eigenvalue weighted by Crippen LogP contribution is 2.43. The second-order valence-corrected chi connectivity index (χ2v) is 9.60. The number of pyridine rings is 1. The van der Waals surface area contributed by atoms with Crippen molar-refractivity contribution in [3.8, 4) is 16.8 Å². The Balaban J connectivity index is 1.58. The molecule has 0 N–H and O–H groups in total. The summed E-state index contributed by atoms with van der Waals surface area (Å²) in [5.74, 6) is 0. The van der Waals surface area contributed by atoms with Gasteiger partial charge in [0.2, 0.25) is 0 Å². The minimum Gasteiger partial charge on any atom is -0.308 e. The van der Waals surface area contributed by atoms with Crippen molar-refractivity contribution in [2.75, 3.05) is 0 Å². The van der Waals surface area contributed by atoms with Gasteiger partial charge in [-0.25, -0.2) is 0 Å². The average molecular weight is 471 g/mol. The maximum atomic E-state index is 5.01. The molecular weight excluding hydrogens is 448 g/mol. The first-order valence-corrected chi connectivity index (χ1v) is 12.7. The molecule has 2 nitrogen and oxygen atoms in total. The Labute approximate surface area is 214 Å². The fraction of sp³-hybridized carbons (Fsp3) is 0. The van der Waals surface area contributed by atoms with Crippen LogP contribution in [0, 0.1) is 0 Å². The SMILES string of the molecule is c1ccc2cc(-c3c4ccccc4c(-n4c5ccccc5c5ccccc54)c4cccnc34)ccc2c1. The second-order valence-electron chi connectivity index (χ2n) is 9.60. The van der Waals surface area contributed by atoms with Gasteiger partial charge >= 0.3 is 0 Å². The minimum absolute atomic E-state index is 1.02. The number of para-hydroxylation sites is 2. The molecule has 0 fully saturated rings. The molecule has 0 saturated heterocycles. The summed E-state index contributed by atoms with van der Waals surface area (Å²) < 4.78 is 2.43. The maximum absolute atomic E-state index is 5.01. The molecule has 0 unspecified atom stereocenters. The third-order valence-electron chi connectivity index (χ3n) is 7.59. The fourth-order valence-electron chi connectivity index (χ4n) is 6.02. The van der Waals surface area contributed by atoms with Gasteiger partial charge in [-0.2, -0.15) is 0 Å². The predicted octanol–water partition coefficient (Wildman–Crippen LogP) is 9.31. The first-order valence-electron chi connectivity index (χ1n) is 12.7. The summed E-state index contributed by atoms with van der Waals surface area (Å²) in [5, 5.41) is 8.58. The number of hydrogen-bond acceptors (Lipinski definition) is 1. The summed E-state index contributed by atoms with van der Waals surface area (Å²) in [5.41, 5.74) is 6.98. The number of benzene rings is 6. The van der Waals surface area contributed by atoms with Crippen LogP contribution in [0.5, 0.6) is 0 Å². The van der Waals surface area contributed by atoms with E-state index in [1.165, 1.54) is 60.2 Å². The van der Waals surface area contributed by atoms with Crippen LogP contribution < -0.4 is 0 Å². The molecule has 6 aromatic carbocycles. The van der Waals surface area contributed by atoms with Gasteiger partial charge in [-0.1, -0.05) is 97.1 Å². The van der Waals surface area contributed by atoms with Crippen LogP contribution in [0.1, 0.15) is 0 Å². The van der Waals surface area contributed by atoms with Gasteiger partial charge in [-0.15, -0.1) is 0 Å². The minimum atomic E-state index is 1.02. The molecule has 0 bridgehead atoms. The van der Waals surface area contributed by atoms with Crippen LogP contribution in [0.15, 0.2) is 134 Å². The summed E-state index contributed by atoms with van der Waals surface area (Å²) in [6, 6.07) is 45.7. The molecule has 0 atom stereocenters. The third-order valence-corrected chi connectivity index (χ3v) is 7.59. The van der Waals surface area contributed by atoms with Gasteiger partial charge < -0.3 is 4.57 Å². The van der Waals surface area contributed by atoms with Crippen LogP contribution in [0.3, 0.4) is 0 Å². The molecule has 0 amide bonds. The van der Waals surface area contributed by atoms with Gasteiger partial charge in [0.05, 0.1) is 22.2 Å². The zero-order valence-electron chi connectivity index (χ0n) is 20.1. The molecular formula is C35H22N2. The monoisotopic (exact) mass is 470 g/mol. The number of rotatable bonds is 2. The third kappa shape index (κ3) is 2.90. The Bertz CT molecular complexity index is 2040. The van der Waals surface area contributed by atoms with Crippen molar-refractivity contribution in [3.63, 3.8) is 0 Å². The molecule has 172 valence electrons. The van der Waals surface area contributed by atoms with Crippen LogP contribution in [-0.4, -0.2) is 9.55 Å². The van der Waals surface area contributed by atoms with Crippen molar-refractivity contribution in [1.82, 2.24) is 9.55 Å². The van der Waals surface area contributed by atoms with Crippen LogP contribution in [0.4, 0.5) is 0 Å². The van der Waals surface area contributed by atoms with Crippen LogP contribution >= 0.6 is 0 Å². The Kier molecular flexibility index (Phi) is 4.26. The van der Waals surface area contributed by atoms with Gasteiger partial charge in [0.25, 0.3) is 0 Å². The van der Waals surface area contributed by atoms with Gasteiger partial charge in [0, 0.05) is 33.3 Å². The zero-order valence-corrected chi connectivity index (χ0v) is 20.1. The number of fused-ring (bicyclic) bond motifs is 6. The average Bonchev–Trinajstić information content (AvgIpc) is 3.30. The molecule has 0 aliphatic rings. The molecule has 37 heavy (non-hydrogen) atoms. The van der Waals surface area contributed by atoms with E-state index >= 15 is 0 Å². The summed E-state index contributed by atoms with van der Waals surface area (Å²) >= 11 is 0. The predicted molar refractivity (Wildman–Crippen MR) is 157 cm³/mol. The number of aromatic nitrogens is 2. The molecule has 0 radical (unpaired) electrons. The topological polar surface area (TPSA) is 17.8 Å². The van der Waals surface area contributed by atoms with Crippen LogP contribution in [0.2, 0.25) is 0 Å². The zero-order chi connectivity index (χ0) is 24.3. The standard InChI is InChI=1S/C35H22N2/c1-2-11-24-22-25(20-19-23(24)10-1)33-28-14-3-4-15-29(28)35(30-16-9-21-36-34(30)33)37-31-17-7-5-12-26(31)27-13-6-8-18-32(27)37/h1-22H. The number of hydrogen-bond donors (Lipinski definition) is 0. The van der Waals surface area contributed by atoms with Gasteiger partial charge in [0.1, 0.15) is 0 Å². The lowest BCUT2D eigenvalue weighted by Crippen LogP contribution is -1.99. The van der Waals surface area contributed by atoms with Gasteiger partial charge in [-0.3, -0.25) is 4.98 Å². The van der Waals surface area contributed by atoms with Crippen molar-refractivity contribution in [2.24, 2.45) is 0 Å². The van der Waals surface area contributed by atoms with E-state index in [0.29, 0.717) is 0 Å². The second kappa shape index (κ2) is 7.78. The molecule has 2 heterocycles. The molecule has 2 heteroatoms.